The third-order valence-corrected chi connectivity index (χ3v) is 4.45. The molecule has 0 atom stereocenters. The third kappa shape index (κ3) is 5.38. The highest BCUT2D eigenvalue weighted by molar-refractivity contribution is 5.96. The predicted molar refractivity (Wildman–Crippen MR) is 115 cm³/mol. The Labute approximate surface area is 175 Å². The van der Waals surface area contributed by atoms with Gasteiger partial charge in [0.05, 0.1) is 20.6 Å². The maximum Gasteiger partial charge on any atom is 0.310 e. The molecule has 1 N–H and O–H groups in total. The zero-order valence-corrected chi connectivity index (χ0v) is 16.9. The molecule has 0 unspecified atom stereocenters. The predicted octanol–water partition coefficient (Wildman–Crippen LogP) is 4.10. The number of hydrogen-bond donors (Lipinski definition) is 1. The lowest BCUT2D eigenvalue weighted by Gasteiger charge is -2.12. The lowest BCUT2D eigenvalue weighted by molar-refractivity contribution is -0.146. The Hall–Kier alpha value is -3.80. The summed E-state index contributed by atoms with van der Waals surface area (Å²) in [7, 11) is 3.07. The Morgan fingerprint density at radius 3 is 2.27 bits per heavy atom. The molecule has 0 saturated heterocycles. The Balaban J connectivity index is 1.57. The van der Waals surface area contributed by atoms with Crippen molar-refractivity contribution in [1.82, 2.24) is 0 Å². The van der Waals surface area contributed by atoms with Crippen molar-refractivity contribution in [2.24, 2.45) is 0 Å². The lowest BCUT2D eigenvalue weighted by atomic mass is 10.0. The van der Waals surface area contributed by atoms with Crippen molar-refractivity contribution in [2.75, 3.05) is 26.1 Å². The number of esters is 1. The van der Waals surface area contributed by atoms with E-state index in [0.717, 1.165) is 11.1 Å². The summed E-state index contributed by atoms with van der Waals surface area (Å²) < 4.78 is 15.5. The van der Waals surface area contributed by atoms with Gasteiger partial charge in [0, 0.05) is 11.3 Å². The molecule has 3 aromatic rings. The Bertz CT molecular complexity index is 1020. The van der Waals surface area contributed by atoms with Crippen LogP contribution in [0.2, 0.25) is 0 Å². The monoisotopic (exact) mass is 405 g/mol. The van der Waals surface area contributed by atoms with Crippen LogP contribution in [0.1, 0.15) is 5.56 Å². The van der Waals surface area contributed by atoms with Crippen LogP contribution in [0.3, 0.4) is 0 Å². The minimum absolute atomic E-state index is 0.0221. The van der Waals surface area contributed by atoms with Gasteiger partial charge in [-0.15, -0.1) is 0 Å². The van der Waals surface area contributed by atoms with E-state index in [1.807, 2.05) is 54.6 Å². The van der Waals surface area contributed by atoms with Crippen molar-refractivity contribution in [3.8, 4) is 22.6 Å². The number of para-hydroxylation sites is 1. The van der Waals surface area contributed by atoms with E-state index in [-0.39, 0.29) is 13.0 Å². The summed E-state index contributed by atoms with van der Waals surface area (Å²) in [4.78, 5) is 24.4. The summed E-state index contributed by atoms with van der Waals surface area (Å²) in [6.07, 6.45) is 0.0221. The number of carbonyl (C=O) groups is 2. The van der Waals surface area contributed by atoms with Gasteiger partial charge < -0.3 is 19.5 Å². The van der Waals surface area contributed by atoms with Crippen LogP contribution < -0.4 is 14.8 Å². The van der Waals surface area contributed by atoms with Crippen LogP contribution in [-0.4, -0.2) is 32.7 Å². The van der Waals surface area contributed by atoms with Gasteiger partial charge in [-0.25, -0.2) is 0 Å². The number of ether oxygens (including phenoxy) is 3. The number of nitrogens with one attached hydrogen (secondary N) is 1. The molecule has 0 saturated carbocycles. The molecule has 0 aliphatic carbocycles. The molecule has 6 nitrogen and oxygen atoms in total. The number of carbonyl (C=O) groups excluding carboxylic acids is 2. The summed E-state index contributed by atoms with van der Waals surface area (Å²) in [6.45, 7) is -0.366. The zero-order valence-electron chi connectivity index (χ0n) is 16.9. The zero-order chi connectivity index (χ0) is 21.3. The lowest BCUT2D eigenvalue weighted by Crippen LogP contribution is -2.22. The van der Waals surface area contributed by atoms with Crippen LogP contribution in [0.25, 0.3) is 11.1 Å². The van der Waals surface area contributed by atoms with Crippen molar-refractivity contribution < 1.29 is 23.8 Å². The number of rotatable bonds is 8. The van der Waals surface area contributed by atoms with Gasteiger partial charge in [0.2, 0.25) is 0 Å². The summed E-state index contributed by atoms with van der Waals surface area (Å²) in [5.74, 6) is 0.192. The van der Waals surface area contributed by atoms with E-state index in [2.05, 4.69) is 5.32 Å². The van der Waals surface area contributed by atoms with Gasteiger partial charge >= 0.3 is 5.97 Å². The molecule has 1 amide bonds. The SMILES string of the molecule is COc1ccc(CC(=O)OCC(=O)Nc2ccccc2-c2ccccc2)cc1OC. The van der Waals surface area contributed by atoms with Crippen molar-refractivity contribution in [3.63, 3.8) is 0 Å². The molecule has 30 heavy (non-hydrogen) atoms. The summed E-state index contributed by atoms with van der Waals surface area (Å²) >= 11 is 0. The molecule has 0 heterocycles. The van der Waals surface area contributed by atoms with E-state index in [1.165, 1.54) is 7.11 Å². The van der Waals surface area contributed by atoms with Crippen molar-refractivity contribution in [2.45, 2.75) is 6.42 Å². The molecular weight excluding hydrogens is 382 g/mol. The van der Waals surface area contributed by atoms with E-state index < -0.39 is 11.9 Å². The van der Waals surface area contributed by atoms with E-state index in [9.17, 15) is 9.59 Å². The van der Waals surface area contributed by atoms with E-state index in [1.54, 1.807) is 25.3 Å². The minimum atomic E-state index is -0.506. The highest BCUT2D eigenvalue weighted by Crippen LogP contribution is 2.28. The Morgan fingerprint density at radius 2 is 1.53 bits per heavy atom. The first kappa shape index (κ1) is 20.9. The smallest absolute Gasteiger partial charge is 0.310 e. The maximum atomic E-state index is 12.3. The topological polar surface area (TPSA) is 73.9 Å². The van der Waals surface area contributed by atoms with E-state index in [0.29, 0.717) is 22.7 Å². The fourth-order valence-corrected chi connectivity index (χ4v) is 3.00. The molecule has 0 aliphatic heterocycles. The summed E-state index contributed by atoms with van der Waals surface area (Å²) in [6, 6.07) is 22.4. The second-order valence-corrected chi connectivity index (χ2v) is 6.49. The number of anilines is 1. The Kier molecular flexibility index (Phi) is 7.05. The fourth-order valence-electron chi connectivity index (χ4n) is 3.00. The standard InChI is InChI=1S/C24H23NO5/c1-28-21-13-12-17(14-22(21)29-2)15-24(27)30-16-23(26)25-20-11-7-6-10-19(20)18-8-4-3-5-9-18/h3-14H,15-16H2,1-2H3,(H,25,26). The normalized spacial score (nSPS) is 10.2. The van der Waals surface area contributed by atoms with E-state index in [4.69, 9.17) is 14.2 Å². The van der Waals surface area contributed by atoms with Gasteiger partial charge in [0.25, 0.3) is 5.91 Å². The average molecular weight is 405 g/mol. The third-order valence-electron chi connectivity index (χ3n) is 4.45. The van der Waals surface area contributed by atoms with Gasteiger partial charge in [-0.05, 0) is 29.3 Å². The fraction of sp³-hybridized carbons (Fsp3) is 0.167. The van der Waals surface area contributed by atoms with Crippen molar-refractivity contribution in [1.29, 1.82) is 0 Å². The summed E-state index contributed by atoms with van der Waals surface area (Å²) in [5.41, 5.74) is 3.24. The average Bonchev–Trinajstić information content (AvgIpc) is 2.78. The molecule has 3 rings (SSSR count). The molecule has 0 aliphatic rings. The number of hydrogen-bond acceptors (Lipinski definition) is 5. The highest BCUT2D eigenvalue weighted by atomic mass is 16.5. The van der Waals surface area contributed by atoms with Crippen molar-refractivity contribution in [3.05, 3.63) is 78.4 Å². The first-order valence-electron chi connectivity index (χ1n) is 9.41. The molecule has 0 aromatic heterocycles. The quantitative estimate of drug-likeness (QED) is 0.571. The maximum absolute atomic E-state index is 12.3. The molecule has 3 aromatic carbocycles. The van der Waals surface area contributed by atoms with Crippen LogP contribution >= 0.6 is 0 Å². The molecule has 0 bridgehead atoms. The minimum Gasteiger partial charge on any atom is -0.493 e. The molecule has 0 spiro atoms. The first-order valence-corrected chi connectivity index (χ1v) is 9.41. The van der Waals surface area contributed by atoms with Gasteiger partial charge in [-0.1, -0.05) is 54.6 Å². The molecule has 0 fully saturated rings. The molecule has 154 valence electrons. The number of methoxy groups -OCH3 is 2. The molecule has 6 heteroatoms. The van der Waals surface area contributed by atoms with Gasteiger partial charge in [-0.2, -0.15) is 0 Å². The number of benzene rings is 3. The van der Waals surface area contributed by atoms with Crippen LogP contribution in [0.15, 0.2) is 72.8 Å². The second-order valence-electron chi connectivity index (χ2n) is 6.49. The van der Waals surface area contributed by atoms with Crippen molar-refractivity contribution >= 4 is 17.6 Å². The first-order chi connectivity index (χ1) is 14.6. The van der Waals surface area contributed by atoms with Gasteiger partial charge in [-0.3, -0.25) is 9.59 Å². The van der Waals surface area contributed by atoms with Gasteiger partial charge in [0.1, 0.15) is 0 Å². The Morgan fingerprint density at radius 1 is 0.833 bits per heavy atom. The highest BCUT2D eigenvalue weighted by Gasteiger charge is 2.13. The second kappa shape index (κ2) is 10.1. The van der Waals surface area contributed by atoms with Crippen LogP contribution in [0, 0.1) is 0 Å². The summed E-state index contributed by atoms with van der Waals surface area (Å²) in [5, 5.41) is 2.81. The molecule has 0 radical (unpaired) electrons. The van der Waals surface area contributed by atoms with Crippen LogP contribution in [0.5, 0.6) is 11.5 Å². The van der Waals surface area contributed by atoms with E-state index >= 15 is 0 Å². The van der Waals surface area contributed by atoms with Crippen LogP contribution in [0.4, 0.5) is 5.69 Å². The largest absolute Gasteiger partial charge is 0.493 e. The van der Waals surface area contributed by atoms with Crippen LogP contribution in [-0.2, 0) is 20.7 Å². The molecular formula is C24H23NO5. The van der Waals surface area contributed by atoms with Gasteiger partial charge in [0.15, 0.2) is 18.1 Å². The number of amides is 1.